The quantitative estimate of drug-likeness (QED) is 0.646. The number of rotatable bonds is 2. The minimum atomic E-state index is 0.920. The molecule has 0 fully saturated rings. The van der Waals surface area contributed by atoms with Crippen LogP contribution >= 0.6 is 11.8 Å². The molecule has 0 atom stereocenters. The number of fused-ring (bicyclic) bond motifs is 1. The van der Waals surface area contributed by atoms with Crippen molar-refractivity contribution >= 4 is 17.4 Å². The summed E-state index contributed by atoms with van der Waals surface area (Å²) in [5, 5.41) is 0. The number of benzene rings is 1. The largest absolute Gasteiger partial charge is 0.290 e. The number of hydrogen-bond acceptors (Lipinski definition) is 3. The van der Waals surface area contributed by atoms with Gasteiger partial charge in [0.05, 0.1) is 5.69 Å². The smallest absolute Gasteiger partial charge is 0.140 e. The van der Waals surface area contributed by atoms with Gasteiger partial charge in [-0.25, -0.2) is 9.97 Å². The SMILES string of the molecule is CSc1ccc(-c2cn3cnccc3n2)cc1. The summed E-state index contributed by atoms with van der Waals surface area (Å²) in [4.78, 5) is 9.88. The van der Waals surface area contributed by atoms with E-state index >= 15 is 0 Å². The van der Waals surface area contributed by atoms with Crippen LogP contribution < -0.4 is 0 Å². The van der Waals surface area contributed by atoms with Crippen molar-refractivity contribution in [3.05, 3.63) is 49.1 Å². The first kappa shape index (κ1) is 10.4. The molecule has 2 aromatic heterocycles. The lowest BCUT2D eigenvalue weighted by molar-refractivity contribution is 1.09. The third-order valence-corrected chi connectivity index (χ3v) is 3.39. The maximum absolute atomic E-state index is 4.55. The molecule has 0 aliphatic carbocycles. The number of thioether (sulfide) groups is 1. The number of nitrogens with zero attached hydrogens (tertiary/aromatic N) is 3. The van der Waals surface area contributed by atoms with E-state index in [9.17, 15) is 0 Å². The van der Waals surface area contributed by atoms with Crippen LogP contribution in [0, 0.1) is 0 Å². The van der Waals surface area contributed by atoms with Gasteiger partial charge < -0.3 is 0 Å². The Morgan fingerprint density at radius 3 is 2.65 bits per heavy atom. The second-order valence-electron chi connectivity index (χ2n) is 3.70. The zero-order valence-electron chi connectivity index (χ0n) is 9.37. The Morgan fingerprint density at radius 2 is 1.94 bits per heavy atom. The Morgan fingerprint density at radius 1 is 1.12 bits per heavy atom. The van der Waals surface area contributed by atoms with Gasteiger partial charge in [0.25, 0.3) is 0 Å². The normalized spacial score (nSPS) is 10.9. The molecule has 0 unspecified atom stereocenters. The highest BCUT2D eigenvalue weighted by Crippen LogP contribution is 2.22. The molecule has 0 saturated carbocycles. The molecule has 0 aliphatic rings. The minimum Gasteiger partial charge on any atom is -0.290 e. The molecule has 0 amide bonds. The predicted molar refractivity (Wildman–Crippen MR) is 70.2 cm³/mol. The lowest BCUT2D eigenvalue weighted by atomic mass is 10.2. The van der Waals surface area contributed by atoms with Crippen molar-refractivity contribution in [1.82, 2.24) is 14.4 Å². The van der Waals surface area contributed by atoms with Gasteiger partial charge in [0, 0.05) is 22.9 Å². The van der Waals surface area contributed by atoms with Gasteiger partial charge in [-0.1, -0.05) is 12.1 Å². The number of hydrogen-bond donors (Lipinski definition) is 0. The van der Waals surface area contributed by atoms with Crippen molar-refractivity contribution in [3.8, 4) is 11.3 Å². The molecule has 0 aliphatic heterocycles. The summed E-state index contributed by atoms with van der Waals surface area (Å²) in [6, 6.07) is 10.3. The van der Waals surface area contributed by atoms with Crippen LogP contribution in [0.4, 0.5) is 0 Å². The lowest BCUT2D eigenvalue weighted by Gasteiger charge is -1.98. The van der Waals surface area contributed by atoms with Gasteiger partial charge in [0.15, 0.2) is 0 Å². The van der Waals surface area contributed by atoms with E-state index in [0.29, 0.717) is 0 Å². The van der Waals surface area contributed by atoms with Gasteiger partial charge in [-0.15, -0.1) is 11.8 Å². The standard InChI is InChI=1S/C13H11N3S/c1-17-11-4-2-10(3-5-11)12-8-16-9-14-7-6-13(16)15-12/h2-9H,1H3. The first-order valence-corrected chi connectivity index (χ1v) is 6.52. The molecule has 1 aromatic carbocycles. The Labute approximate surface area is 104 Å². The molecule has 84 valence electrons. The fraction of sp³-hybridized carbons (Fsp3) is 0.0769. The molecule has 3 aromatic rings. The summed E-state index contributed by atoms with van der Waals surface area (Å²) in [6.45, 7) is 0. The van der Waals surface area contributed by atoms with Crippen molar-refractivity contribution < 1.29 is 0 Å². The second kappa shape index (κ2) is 4.22. The summed E-state index contributed by atoms with van der Waals surface area (Å²) < 4.78 is 1.93. The highest BCUT2D eigenvalue weighted by molar-refractivity contribution is 7.98. The molecule has 17 heavy (non-hydrogen) atoms. The Hall–Kier alpha value is -1.81. The van der Waals surface area contributed by atoms with Crippen LogP contribution in [0.25, 0.3) is 16.9 Å². The maximum atomic E-state index is 4.55. The molecular weight excluding hydrogens is 230 g/mol. The molecule has 0 bridgehead atoms. The molecule has 3 rings (SSSR count). The van der Waals surface area contributed by atoms with E-state index in [2.05, 4.69) is 40.5 Å². The third-order valence-electron chi connectivity index (χ3n) is 2.65. The maximum Gasteiger partial charge on any atom is 0.140 e. The average Bonchev–Trinajstić information content (AvgIpc) is 2.82. The summed E-state index contributed by atoms with van der Waals surface area (Å²) in [5.41, 5.74) is 3.03. The summed E-state index contributed by atoms with van der Waals surface area (Å²) in [5.74, 6) is 0. The van der Waals surface area contributed by atoms with Crippen LogP contribution in [-0.4, -0.2) is 20.6 Å². The van der Waals surface area contributed by atoms with Gasteiger partial charge in [0.2, 0.25) is 0 Å². The predicted octanol–water partition coefficient (Wildman–Crippen LogP) is 3.12. The Kier molecular flexibility index (Phi) is 2.57. The van der Waals surface area contributed by atoms with Gasteiger partial charge in [-0.2, -0.15) is 0 Å². The summed E-state index contributed by atoms with van der Waals surface area (Å²) in [6.07, 6.45) is 7.59. The molecule has 0 N–H and O–H groups in total. The van der Waals surface area contributed by atoms with Crippen molar-refractivity contribution in [2.45, 2.75) is 4.90 Å². The van der Waals surface area contributed by atoms with Crippen LogP contribution in [-0.2, 0) is 0 Å². The third kappa shape index (κ3) is 1.91. The van der Waals surface area contributed by atoms with E-state index in [1.165, 1.54) is 4.90 Å². The van der Waals surface area contributed by atoms with Gasteiger partial charge in [-0.05, 0) is 24.5 Å². The van der Waals surface area contributed by atoms with Crippen LogP contribution in [0.3, 0.4) is 0 Å². The highest BCUT2D eigenvalue weighted by Gasteiger charge is 2.03. The van der Waals surface area contributed by atoms with Crippen molar-refractivity contribution in [2.24, 2.45) is 0 Å². The van der Waals surface area contributed by atoms with E-state index in [1.54, 1.807) is 24.3 Å². The van der Waals surface area contributed by atoms with Crippen LogP contribution in [0.1, 0.15) is 0 Å². The highest BCUT2D eigenvalue weighted by atomic mass is 32.2. The van der Waals surface area contributed by atoms with E-state index in [-0.39, 0.29) is 0 Å². The lowest BCUT2D eigenvalue weighted by Crippen LogP contribution is -1.81. The van der Waals surface area contributed by atoms with Crippen molar-refractivity contribution in [1.29, 1.82) is 0 Å². The molecular formula is C13H11N3S. The number of imidazole rings is 1. The van der Waals surface area contributed by atoms with Crippen LogP contribution in [0.2, 0.25) is 0 Å². The second-order valence-corrected chi connectivity index (χ2v) is 4.58. The molecule has 4 heteroatoms. The fourth-order valence-electron chi connectivity index (χ4n) is 1.74. The van der Waals surface area contributed by atoms with Crippen LogP contribution in [0.15, 0.2) is 53.9 Å². The molecule has 0 spiro atoms. The fourth-order valence-corrected chi connectivity index (χ4v) is 2.15. The van der Waals surface area contributed by atoms with Gasteiger partial charge in [0.1, 0.15) is 12.0 Å². The zero-order chi connectivity index (χ0) is 11.7. The van der Waals surface area contributed by atoms with E-state index in [4.69, 9.17) is 0 Å². The minimum absolute atomic E-state index is 0.920. The monoisotopic (exact) mass is 241 g/mol. The molecule has 0 radical (unpaired) electrons. The van der Waals surface area contributed by atoms with Crippen LogP contribution in [0.5, 0.6) is 0 Å². The Bertz CT molecular complexity index is 610. The van der Waals surface area contributed by atoms with E-state index in [1.807, 2.05) is 16.7 Å². The molecule has 2 heterocycles. The Balaban J connectivity index is 2.07. The summed E-state index contributed by atoms with van der Waals surface area (Å²) >= 11 is 1.74. The topological polar surface area (TPSA) is 30.2 Å². The first-order chi connectivity index (χ1) is 8.36. The molecule has 3 nitrogen and oxygen atoms in total. The van der Waals surface area contributed by atoms with Crippen molar-refractivity contribution in [3.63, 3.8) is 0 Å². The van der Waals surface area contributed by atoms with Crippen molar-refractivity contribution in [2.75, 3.05) is 6.26 Å². The number of aromatic nitrogens is 3. The average molecular weight is 241 g/mol. The van der Waals surface area contributed by atoms with Gasteiger partial charge >= 0.3 is 0 Å². The molecule has 0 saturated heterocycles. The van der Waals surface area contributed by atoms with Gasteiger partial charge in [-0.3, -0.25) is 4.40 Å². The first-order valence-electron chi connectivity index (χ1n) is 5.30. The van der Waals surface area contributed by atoms with E-state index < -0.39 is 0 Å². The zero-order valence-corrected chi connectivity index (χ0v) is 10.2. The summed E-state index contributed by atoms with van der Waals surface area (Å²) in [7, 11) is 0. The van der Waals surface area contributed by atoms with E-state index in [0.717, 1.165) is 16.9 Å².